The summed E-state index contributed by atoms with van der Waals surface area (Å²) in [5.41, 5.74) is 3.00. The molecular weight excluding hydrogens is 334 g/mol. The van der Waals surface area contributed by atoms with Crippen LogP contribution in [0.4, 0.5) is 4.79 Å². The highest BCUT2D eigenvalue weighted by atomic mass is 35.5. The van der Waals surface area contributed by atoms with E-state index in [1.807, 2.05) is 56.0 Å². The van der Waals surface area contributed by atoms with Crippen molar-refractivity contribution in [1.82, 2.24) is 4.90 Å². The van der Waals surface area contributed by atoms with Crippen LogP contribution in [0.25, 0.3) is 0 Å². The lowest BCUT2D eigenvalue weighted by Crippen LogP contribution is -2.43. The topological polar surface area (TPSA) is 29.5 Å². The van der Waals surface area contributed by atoms with E-state index >= 15 is 0 Å². The van der Waals surface area contributed by atoms with Gasteiger partial charge in [0.2, 0.25) is 0 Å². The Kier molecular flexibility index (Phi) is 5.05. The van der Waals surface area contributed by atoms with Gasteiger partial charge in [-0.2, -0.15) is 0 Å². The Balaban J connectivity index is 1.95. The molecule has 0 spiro atoms. The molecule has 132 valence electrons. The summed E-state index contributed by atoms with van der Waals surface area (Å²) in [4.78, 5) is 14.6. The molecule has 1 aliphatic heterocycles. The molecule has 1 unspecified atom stereocenters. The van der Waals surface area contributed by atoms with E-state index in [9.17, 15) is 4.79 Å². The Morgan fingerprint density at radius 3 is 2.56 bits per heavy atom. The van der Waals surface area contributed by atoms with Gasteiger partial charge in [0.1, 0.15) is 5.60 Å². The average molecular weight is 358 g/mol. The number of amides is 1. The number of carbonyl (C=O) groups is 1. The molecule has 3 rings (SSSR count). The second-order valence-corrected chi connectivity index (χ2v) is 7.84. The first-order valence-corrected chi connectivity index (χ1v) is 9.04. The van der Waals surface area contributed by atoms with Crippen LogP contribution in [0.15, 0.2) is 48.5 Å². The van der Waals surface area contributed by atoms with Gasteiger partial charge in [0.05, 0.1) is 6.04 Å². The first-order chi connectivity index (χ1) is 11.8. The van der Waals surface area contributed by atoms with Gasteiger partial charge in [0, 0.05) is 11.6 Å². The van der Waals surface area contributed by atoms with Gasteiger partial charge in [-0.3, -0.25) is 0 Å². The quantitative estimate of drug-likeness (QED) is 0.718. The van der Waals surface area contributed by atoms with Crippen LogP contribution in [0, 0.1) is 0 Å². The lowest BCUT2D eigenvalue weighted by Gasteiger charge is -2.38. The molecule has 2 aromatic carbocycles. The predicted octanol–water partition coefficient (Wildman–Crippen LogP) is 5.42. The highest BCUT2D eigenvalue weighted by Gasteiger charge is 2.33. The maximum absolute atomic E-state index is 12.8. The highest BCUT2D eigenvalue weighted by Crippen LogP contribution is 2.34. The van der Waals surface area contributed by atoms with E-state index in [0.29, 0.717) is 13.0 Å². The number of ether oxygens (including phenoxy) is 1. The Morgan fingerprint density at radius 1 is 1.16 bits per heavy atom. The SMILES string of the molecule is CC(C)(C)OC(=O)N1CCc2ccccc2C1Cc1ccccc1Cl. The van der Waals surface area contributed by atoms with Crippen molar-refractivity contribution in [2.45, 2.75) is 45.3 Å². The third kappa shape index (κ3) is 4.16. The molecule has 2 aromatic rings. The lowest BCUT2D eigenvalue weighted by molar-refractivity contribution is 0.0141. The number of benzene rings is 2. The van der Waals surface area contributed by atoms with Crippen LogP contribution >= 0.6 is 11.6 Å². The zero-order valence-electron chi connectivity index (χ0n) is 15.0. The van der Waals surface area contributed by atoms with E-state index < -0.39 is 5.60 Å². The van der Waals surface area contributed by atoms with Crippen LogP contribution < -0.4 is 0 Å². The molecule has 4 heteroatoms. The number of hydrogen-bond donors (Lipinski definition) is 0. The molecule has 0 N–H and O–H groups in total. The number of nitrogens with zero attached hydrogens (tertiary/aromatic N) is 1. The van der Waals surface area contributed by atoms with Gasteiger partial charge >= 0.3 is 6.09 Å². The van der Waals surface area contributed by atoms with E-state index in [0.717, 1.165) is 17.0 Å². The van der Waals surface area contributed by atoms with Crippen molar-refractivity contribution >= 4 is 17.7 Å². The van der Waals surface area contributed by atoms with Gasteiger partial charge in [-0.15, -0.1) is 0 Å². The minimum atomic E-state index is -0.511. The maximum atomic E-state index is 12.8. The summed E-state index contributed by atoms with van der Waals surface area (Å²) in [5, 5.41) is 0.731. The van der Waals surface area contributed by atoms with E-state index in [1.54, 1.807) is 0 Å². The van der Waals surface area contributed by atoms with Crippen molar-refractivity contribution in [3.05, 3.63) is 70.2 Å². The lowest BCUT2D eigenvalue weighted by atomic mass is 9.89. The monoisotopic (exact) mass is 357 g/mol. The summed E-state index contributed by atoms with van der Waals surface area (Å²) in [5.74, 6) is 0. The second-order valence-electron chi connectivity index (χ2n) is 7.43. The van der Waals surface area contributed by atoms with Crippen LogP contribution in [0.5, 0.6) is 0 Å². The molecule has 25 heavy (non-hydrogen) atoms. The zero-order valence-corrected chi connectivity index (χ0v) is 15.7. The number of hydrogen-bond acceptors (Lipinski definition) is 2. The Hall–Kier alpha value is -2.00. The average Bonchev–Trinajstić information content (AvgIpc) is 2.55. The van der Waals surface area contributed by atoms with Gasteiger partial charge in [-0.25, -0.2) is 4.79 Å². The minimum absolute atomic E-state index is 0.0697. The number of halogens is 1. The molecule has 0 aliphatic carbocycles. The largest absolute Gasteiger partial charge is 0.444 e. The number of rotatable bonds is 2. The van der Waals surface area contributed by atoms with Gasteiger partial charge in [-0.05, 0) is 56.4 Å². The molecule has 1 amide bonds. The molecule has 0 saturated heterocycles. The van der Waals surface area contributed by atoms with Gasteiger partial charge in [0.25, 0.3) is 0 Å². The molecule has 1 aliphatic rings. The summed E-state index contributed by atoms with van der Waals surface area (Å²) in [7, 11) is 0. The van der Waals surface area contributed by atoms with Crippen LogP contribution in [-0.4, -0.2) is 23.1 Å². The van der Waals surface area contributed by atoms with E-state index in [1.165, 1.54) is 11.1 Å². The summed E-state index contributed by atoms with van der Waals surface area (Å²) in [6.45, 7) is 6.34. The molecule has 0 bridgehead atoms. The zero-order chi connectivity index (χ0) is 18.0. The number of fused-ring (bicyclic) bond motifs is 1. The van der Waals surface area contributed by atoms with Crippen LogP contribution in [0.2, 0.25) is 5.02 Å². The van der Waals surface area contributed by atoms with Gasteiger partial charge in [0.15, 0.2) is 0 Å². The predicted molar refractivity (Wildman–Crippen MR) is 101 cm³/mol. The minimum Gasteiger partial charge on any atom is -0.444 e. The summed E-state index contributed by atoms with van der Waals surface area (Å²) >= 11 is 6.37. The van der Waals surface area contributed by atoms with E-state index in [4.69, 9.17) is 16.3 Å². The molecule has 0 aromatic heterocycles. The van der Waals surface area contributed by atoms with Crippen LogP contribution in [-0.2, 0) is 17.6 Å². The van der Waals surface area contributed by atoms with Crippen LogP contribution in [0.3, 0.4) is 0 Å². The Morgan fingerprint density at radius 2 is 1.84 bits per heavy atom. The fraction of sp³-hybridized carbons (Fsp3) is 0.381. The standard InChI is InChI=1S/C21H24ClNO2/c1-21(2,3)25-20(24)23-13-12-15-8-4-6-10-17(15)19(23)14-16-9-5-7-11-18(16)22/h4-11,19H,12-14H2,1-3H3. The molecule has 0 fully saturated rings. The summed E-state index contributed by atoms with van der Waals surface area (Å²) < 4.78 is 5.64. The van der Waals surface area contributed by atoms with Gasteiger partial charge < -0.3 is 9.64 Å². The van der Waals surface area contributed by atoms with Crippen LogP contribution in [0.1, 0.15) is 43.5 Å². The highest BCUT2D eigenvalue weighted by molar-refractivity contribution is 6.31. The maximum Gasteiger partial charge on any atom is 0.410 e. The Labute approximate surface area is 154 Å². The van der Waals surface area contributed by atoms with Crippen molar-refractivity contribution in [2.24, 2.45) is 0 Å². The van der Waals surface area contributed by atoms with Crippen molar-refractivity contribution in [3.63, 3.8) is 0 Å². The first-order valence-electron chi connectivity index (χ1n) is 8.66. The molecule has 3 nitrogen and oxygen atoms in total. The second kappa shape index (κ2) is 7.09. The molecular formula is C21H24ClNO2. The third-order valence-corrected chi connectivity index (χ3v) is 4.78. The molecule has 0 saturated carbocycles. The smallest absolute Gasteiger partial charge is 0.410 e. The summed E-state index contributed by atoms with van der Waals surface area (Å²) in [6, 6.07) is 16.1. The van der Waals surface area contributed by atoms with E-state index in [2.05, 4.69) is 18.2 Å². The van der Waals surface area contributed by atoms with Crippen molar-refractivity contribution in [2.75, 3.05) is 6.54 Å². The Bertz CT molecular complexity index is 766. The van der Waals surface area contributed by atoms with Gasteiger partial charge in [-0.1, -0.05) is 54.1 Å². The van der Waals surface area contributed by atoms with Crippen molar-refractivity contribution in [1.29, 1.82) is 0 Å². The fourth-order valence-corrected chi connectivity index (χ4v) is 3.50. The first kappa shape index (κ1) is 17.8. The van der Waals surface area contributed by atoms with Crippen molar-refractivity contribution in [3.8, 4) is 0 Å². The van der Waals surface area contributed by atoms with Crippen molar-refractivity contribution < 1.29 is 9.53 Å². The van der Waals surface area contributed by atoms with E-state index in [-0.39, 0.29) is 12.1 Å². The molecule has 1 atom stereocenters. The third-order valence-electron chi connectivity index (χ3n) is 4.41. The molecule has 1 heterocycles. The number of carbonyl (C=O) groups excluding carboxylic acids is 1. The normalized spacial score (nSPS) is 17.1. The molecule has 0 radical (unpaired) electrons. The fourth-order valence-electron chi connectivity index (χ4n) is 3.28. The summed E-state index contributed by atoms with van der Waals surface area (Å²) in [6.07, 6.45) is 1.25.